The highest BCUT2D eigenvalue weighted by Crippen LogP contribution is 2.40. The first-order valence-corrected chi connectivity index (χ1v) is 6.66. The Hall–Kier alpha value is -1.16. The Bertz CT molecular complexity index is 761. The molecule has 0 saturated heterocycles. The number of benzene rings is 1. The molecule has 6 heteroatoms. The fourth-order valence-electron chi connectivity index (χ4n) is 2.09. The topological polar surface area (TPSA) is 26.5 Å². The number of ether oxygens (including phenoxy) is 1. The van der Waals surface area contributed by atoms with Crippen molar-refractivity contribution in [1.29, 1.82) is 0 Å². The van der Waals surface area contributed by atoms with Gasteiger partial charge in [0.1, 0.15) is 11.4 Å². The Morgan fingerprint density at radius 1 is 1.16 bits per heavy atom. The number of methoxy groups -OCH3 is 1. The molecule has 0 aliphatic carbocycles. The number of rotatable bonds is 1. The zero-order chi connectivity index (χ0) is 13.6. The van der Waals surface area contributed by atoms with Crippen LogP contribution in [0.3, 0.4) is 0 Å². The SMILES string of the molecule is COc1ccc2c(c1)nc(C(Cl)(Cl)Cl)c1cccn12. The van der Waals surface area contributed by atoms with Crippen LogP contribution in [0.5, 0.6) is 5.75 Å². The van der Waals surface area contributed by atoms with E-state index in [1.807, 2.05) is 40.9 Å². The minimum atomic E-state index is -1.57. The molecule has 0 bridgehead atoms. The lowest BCUT2D eigenvalue weighted by Gasteiger charge is -2.14. The maximum atomic E-state index is 5.99. The van der Waals surface area contributed by atoms with E-state index in [1.54, 1.807) is 7.11 Å². The van der Waals surface area contributed by atoms with Gasteiger partial charge in [-0.05, 0) is 24.3 Å². The summed E-state index contributed by atoms with van der Waals surface area (Å²) in [6, 6.07) is 9.37. The number of alkyl halides is 3. The lowest BCUT2D eigenvalue weighted by molar-refractivity contribution is 0.415. The molecule has 0 atom stereocenters. The van der Waals surface area contributed by atoms with Gasteiger partial charge in [0.2, 0.25) is 3.79 Å². The highest BCUT2D eigenvalue weighted by molar-refractivity contribution is 6.67. The maximum Gasteiger partial charge on any atom is 0.234 e. The van der Waals surface area contributed by atoms with E-state index >= 15 is 0 Å². The molecule has 3 rings (SSSR count). The van der Waals surface area contributed by atoms with E-state index in [0.29, 0.717) is 17.0 Å². The molecule has 0 aliphatic rings. The van der Waals surface area contributed by atoms with E-state index < -0.39 is 3.79 Å². The van der Waals surface area contributed by atoms with Crippen molar-refractivity contribution in [3.8, 4) is 5.75 Å². The van der Waals surface area contributed by atoms with E-state index in [1.165, 1.54) is 0 Å². The van der Waals surface area contributed by atoms with Crippen LogP contribution >= 0.6 is 34.8 Å². The minimum absolute atomic E-state index is 0.406. The Labute approximate surface area is 124 Å². The lowest BCUT2D eigenvalue weighted by Crippen LogP contribution is -2.07. The predicted molar refractivity (Wildman–Crippen MR) is 78.5 cm³/mol. The minimum Gasteiger partial charge on any atom is -0.497 e. The number of hydrogen-bond acceptors (Lipinski definition) is 2. The summed E-state index contributed by atoms with van der Waals surface area (Å²) in [5.41, 5.74) is 2.82. The van der Waals surface area contributed by atoms with E-state index in [9.17, 15) is 0 Å². The molecule has 3 aromatic rings. The average molecular weight is 316 g/mol. The van der Waals surface area contributed by atoms with Gasteiger partial charge in [-0.15, -0.1) is 0 Å². The summed E-state index contributed by atoms with van der Waals surface area (Å²) in [6.45, 7) is 0. The molecule has 0 spiro atoms. The van der Waals surface area contributed by atoms with Gasteiger partial charge < -0.3 is 9.14 Å². The van der Waals surface area contributed by atoms with Crippen LogP contribution in [0.25, 0.3) is 16.6 Å². The second-order valence-corrected chi connectivity index (χ2v) is 6.36. The van der Waals surface area contributed by atoms with Crippen LogP contribution in [0.15, 0.2) is 36.5 Å². The van der Waals surface area contributed by atoms with Gasteiger partial charge in [-0.1, -0.05) is 34.8 Å². The largest absolute Gasteiger partial charge is 0.497 e. The first kappa shape index (κ1) is 12.9. The molecular formula is C13H9Cl3N2O. The number of aromatic nitrogens is 2. The summed E-state index contributed by atoms with van der Waals surface area (Å²) < 4.78 is 5.56. The van der Waals surface area contributed by atoms with E-state index in [4.69, 9.17) is 39.5 Å². The van der Waals surface area contributed by atoms with Gasteiger partial charge in [-0.2, -0.15) is 0 Å². The average Bonchev–Trinajstić information content (AvgIpc) is 2.84. The summed E-state index contributed by atoms with van der Waals surface area (Å²) in [6.07, 6.45) is 1.91. The number of hydrogen-bond donors (Lipinski definition) is 0. The van der Waals surface area contributed by atoms with E-state index in [2.05, 4.69) is 4.98 Å². The summed E-state index contributed by atoms with van der Waals surface area (Å²) in [5, 5.41) is 0. The van der Waals surface area contributed by atoms with Crippen LogP contribution in [0.1, 0.15) is 5.69 Å². The van der Waals surface area contributed by atoms with Gasteiger partial charge in [-0.25, -0.2) is 4.98 Å². The third kappa shape index (κ3) is 2.12. The Morgan fingerprint density at radius 2 is 1.95 bits per heavy atom. The predicted octanol–water partition coefficient (Wildman–Crippen LogP) is 4.32. The zero-order valence-electron chi connectivity index (χ0n) is 9.90. The zero-order valence-corrected chi connectivity index (χ0v) is 12.2. The van der Waals surface area contributed by atoms with Crippen molar-refractivity contribution in [2.24, 2.45) is 0 Å². The molecular weight excluding hydrogens is 307 g/mol. The molecule has 0 unspecified atom stereocenters. The summed E-state index contributed by atoms with van der Waals surface area (Å²) in [4.78, 5) is 4.46. The molecule has 0 amide bonds. The molecule has 3 nitrogen and oxygen atoms in total. The molecule has 2 heterocycles. The Balaban J connectivity index is 2.44. The highest BCUT2D eigenvalue weighted by Gasteiger charge is 2.28. The van der Waals surface area contributed by atoms with Crippen molar-refractivity contribution in [2.75, 3.05) is 7.11 Å². The van der Waals surface area contributed by atoms with Crippen molar-refractivity contribution >= 4 is 51.4 Å². The second kappa shape index (κ2) is 4.44. The Kier molecular flexibility index (Phi) is 3.01. The summed E-state index contributed by atoms with van der Waals surface area (Å²) in [5.74, 6) is 0.710. The number of nitrogens with zero attached hydrogens (tertiary/aromatic N) is 2. The van der Waals surface area contributed by atoms with Crippen LogP contribution in [-0.4, -0.2) is 16.5 Å². The van der Waals surface area contributed by atoms with Crippen molar-refractivity contribution in [3.05, 3.63) is 42.2 Å². The van der Waals surface area contributed by atoms with E-state index in [-0.39, 0.29) is 0 Å². The third-order valence-corrected chi connectivity index (χ3v) is 3.47. The molecule has 2 aromatic heterocycles. The fraction of sp³-hybridized carbons (Fsp3) is 0.154. The van der Waals surface area contributed by atoms with Crippen molar-refractivity contribution in [3.63, 3.8) is 0 Å². The van der Waals surface area contributed by atoms with Gasteiger partial charge in [0.25, 0.3) is 0 Å². The lowest BCUT2D eigenvalue weighted by atomic mass is 10.2. The molecule has 19 heavy (non-hydrogen) atoms. The van der Waals surface area contributed by atoms with Crippen molar-refractivity contribution in [1.82, 2.24) is 9.38 Å². The molecule has 0 N–H and O–H groups in total. The number of fused-ring (bicyclic) bond motifs is 3. The monoisotopic (exact) mass is 314 g/mol. The van der Waals surface area contributed by atoms with Crippen molar-refractivity contribution < 1.29 is 4.74 Å². The van der Waals surface area contributed by atoms with Gasteiger partial charge in [0, 0.05) is 12.3 Å². The molecule has 0 aliphatic heterocycles. The third-order valence-electron chi connectivity index (χ3n) is 2.93. The smallest absolute Gasteiger partial charge is 0.234 e. The van der Waals surface area contributed by atoms with Crippen LogP contribution in [0.2, 0.25) is 0 Å². The van der Waals surface area contributed by atoms with Crippen molar-refractivity contribution in [2.45, 2.75) is 3.79 Å². The maximum absolute atomic E-state index is 5.99. The molecule has 0 fully saturated rings. The van der Waals surface area contributed by atoms with Crippen LogP contribution in [-0.2, 0) is 3.79 Å². The fourth-order valence-corrected chi connectivity index (χ4v) is 2.51. The van der Waals surface area contributed by atoms with Gasteiger partial charge >= 0.3 is 0 Å². The normalized spacial score (nSPS) is 12.2. The highest BCUT2D eigenvalue weighted by atomic mass is 35.6. The van der Waals surface area contributed by atoms with Crippen LogP contribution in [0.4, 0.5) is 0 Å². The Morgan fingerprint density at radius 3 is 2.63 bits per heavy atom. The van der Waals surface area contributed by atoms with Gasteiger partial charge in [0.05, 0.1) is 23.7 Å². The number of halogens is 3. The molecule has 0 radical (unpaired) electrons. The summed E-state index contributed by atoms with van der Waals surface area (Å²) >= 11 is 18.0. The quantitative estimate of drug-likeness (QED) is 0.625. The van der Waals surface area contributed by atoms with Gasteiger partial charge in [0.15, 0.2) is 0 Å². The molecule has 98 valence electrons. The van der Waals surface area contributed by atoms with E-state index in [0.717, 1.165) is 11.0 Å². The first-order chi connectivity index (χ1) is 9.00. The van der Waals surface area contributed by atoms with Crippen LogP contribution in [0, 0.1) is 0 Å². The molecule has 0 saturated carbocycles. The first-order valence-electron chi connectivity index (χ1n) is 5.53. The summed E-state index contributed by atoms with van der Waals surface area (Å²) in [7, 11) is 1.60. The van der Waals surface area contributed by atoms with Crippen LogP contribution < -0.4 is 4.74 Å². The standard InChI is InChI=1S/C13H9Cl3N2O/c1-19-8-4-5-10-9(7-8)17-12(13(14,15)16)11-3-2-6-18(10)11/h2-7H,1H3. The van der Waals surface area contributed by atoms with Gasteiger partial charge in [-0.3, -0.25) is 0 Å². The molecule has 1 aromatic carbocycles. The second-order valence-electron chi connectivity index (χ2n) is 4.08.